The van der Waals surface area contributed by atoms with Crippen molar-refractivity contribution in [2.75, 3.05) is 0 Å². The molecule has 0 N–H and O–H groups in total. The Morgan fingerprint density at radius 2 is 1.84 bits per heavy atom. The predicted molar refractivity (Wildman–Crippen MR) is 102 cm³/mol. The number of alkyl halides is 2. The first-order chi connectivity index (χ1) is 8.85. The second kappa shape index (κ2) is 6.04. The summed E-state index contributed by atoms with van der Waals surface area (Å²) in [5.74, 6) is 0. The molecule has 2 heteroatoms. The molecule has 104 valence electrons. The van der Waals surface area contributed by atoms with Crippen molar-refractivity contribution in [3.63, 3.8) is 0 Å². The fourth-order valence-electron chi connectivity index (χ4n) is 2.63. The van der Waals surface area contributed by atoms with Gasteiger partial charge in [-0.25, -0.2) is 0 Å². The van der Waals surface area contributed by atoms with Gasteiger partial charge in [-0.05, 0) is 37.2 Å². The topological polar surface area (TPSA) is 0 Å². The quantitative estimate of drug-likeness (QED) is 0.288. The molecule has 0 aromatic heterocycles. The van der Waals surface area contributed by atoms with Crippen LogP contribution in [0.1, 0.15) is 37.8 Å². The van der Waals surface area contributed by atoms with E-state index in [0.29, 0.717) is 5.41 Å². The van der Waals surface area contributed by atoms with Crippen LogP contribution in [0.2, 0.25) is 0 Å². The van der Waals surface area contributed by atoms with Crippen LogP contribution in [0.4, 0.5) is 0 Å². The van der Waals surface area contributed by atoms with Crippen molar-refractivity contribution in [3.8, 4) is 0 Å². The molecule has 0 nitrogen and oxygen atoms in total. The SMILES string of the molecule is Cc1ccc(CCC2(I)C=CC[C@H](I)C2(C)C)cc1. The Morgan fingerprint density at radius 1 is 1.21 bits per heavy atom. The number of benzene rings is 1. The zero-order valence-electron chi connectivity index (χ0n) is 11.9. The molecule has 0 radical (unpaired) electrons. The minimum absolute atomic E-state index is 0.278. The maximum Gasteiger partial charge on any atom is 0.0465 e. The molecule has 1 aromatic carbocycles. The standard InChI is InChI=1S/C17H22I2/c1-13-6-8-14(9-7-13)10-12-17(19)11-4-5-15(18)16(17,2)3/h4,6-9,11,15H,5,10,12H2,1-3H3/t15-,17?/m0/s1. The molecule has 0 bridgehead atoms. The van der Waals surface area contributed by atoms with Crippen molar-refractivity contribution in [2.45, 2.75) is 47.4 Å². The molecule has 2 atom stereocenters. The van der Waals surface area contributed by atoms with Gasteiger partial charge < -0.3 is 0 Å². The number of hydrogen-bond acceptors (Lipinski definition) is 0. The van der Waals surface area contributed by atoms with Gasteiger partial charge in [-0.1, -0.05) is 101 Å². The molecule has 19 heavy (non-hydrogen) atoms. The van der Waals surface area contributed by atoms with E-state index in [4.69, 9.17) is 0 Å². The molecule has 2 rings (SSSR count). The normalized spacial score (nSPS) is 29.4. The summed E-state index contributed by atoms with van der Waals surface area (Å²) in [7, 11) is 0. The predicted octanol–water partition coefficient (Wildman–Crippen LogP) is 5.89. The molecule has 0 saturated heterocycles. The van der Waals surface area contributed by atoms with E-state index in [1.165, 1.54) is 30.4 Å². The van der Waals surface area contributed by atoms with Crippen molar-refractivity contribution >= 4 is 45.2 Å². The molecule has 0 amide bonds. The molecule has 0 aliphatic heterocycles. The van der Waals surface area contributed by atoms with Crippen molar-refractivity contribution in [1.29, 1.82) is 0 Å². The summed E-state index contributed by atoms with van der Waals surface area (Å²) in [5, 5.41) is 0. The lowest BCUT2D eigenvalue weighted by Gasteiger charge is -2.46. The lowest BCUT2D eigenvalue weighted by molar-refractivity contribution is 0.281. The van der Waals surface area contributed by atoms with E-state index < -0.39 is 0 Å². The third-order valence-corrected chi connectivity index (χ3v) is 8.83. The van der Waals surface area contributed by atoms with Gasteiger partial charge in [0.1, 0.15) is 0 Å². The van der Waals surface area contributed by atoms with Crippen molar-refractivity contribution in [2.24, 2.45) is 5.41 Å². The summed E-state index contributed by atoms with van der Waals surface area (Å²) in [4.78, 5) is 0. The van der Waals surface area contributed by atoms with E-state index in [-0.39, 0.29) is 3.42 Å². The van der Waals surface area contributed by atoms with E-state index in [0.717, 1.165) is 3.92 Å². The number of allylic oxidation sites excluding steroid dienone is 2. The van der Waals surface area contributed by atoms with Crippen LogP contribution in [0, 0.1) is 12.3 Å². The van der Waals surface area contributed by atoms with Crippen molar-refractivity contribution in [1.82, 2.24) is 0 Å². The highest BCUT2D eigenvalue weighted by Gasteiger charge is 2.46. The molecular formula is C17H22I2. The van der Waals surface area contributed by atoms with Crippen LogP contribution in [0.25, 0.3) is 0 Å². The van der Waals surface area contributed by atoms with Crippen LogP contribution in [-0.2, 0) is 6.42 Å². The molecule has 1 unspecified atom stereocenters. The van der Waals surface area contributed by atoms with Crippen LogP contribution in [-0.4, -0.2) is 7.35 Å². The third-order valence-electron chi connectivity index (χ3n) is 4.48. The second-order valence-corrected chi connectivity index (χ2v) is 9.60. The Morgan fingerprint density at radius 3 is 2.47 bits per heavy atom. The smallest absolute Gasteiger partial charge is 0.0465 e. The highest BCUT2D eigenvalue weighted by molar-refractivity contribution is 14.1. The summed E-state index contributed by atoms with van der Waals surface area (Å²) >= 11 is 5.32. The summed E-state index contributed by atoms with van der Waals surface area (Å²) in [6.45, 7) is 7.00. The lowest BCUT2D eigenvalue weighted by Crippen LogP contribution is -2.46. The molecule has 0 spiro atoms. The minimum Gasteiger partial charge on any atom is -0.0861 e. The van der Waals surface area contributed by atoms with Crippen LogP contribution in [0.5, 0.6) is 0 Å². The van der Waals surface area contributed by atoms with Gasteiger partial charge in [-0.15, -0.1) is 0 Å². The highest BCUT2D eigenvalue weighted by atomic mass is 127. The summed E-state index contributed by atoms with van der Waals surface area (Å²) in [6, 6.07) is 8.99. The van der Waals surface area contributed by atoms with Crippen LogP contribution < -0.4 is 0 Å². The fourth-order valence-corrected chi connectivity index (χ4v) is 4.98. The van der Waals surface area contributed by atoms with Gasteiger partial charge >= 0.3 is 0 Å². The molecule has 0 heterocycles. The number of hydrogen-bond donors (Lipinski definition) is 0. The van der Waals surface area contributed by atoms with Gasteiger partial charge in [-0.2, -0.15) is 0 Å². The highest BCUT2D eigenvalue weighted by Crippen LogP contribution is 2.51. The number of rotatable bonds is 3. The van der Waals surface area contributed by atoms with Crippen molar-refractivity contribution in [3.05, 3.63) is 47.5 Å². The fraction of sp³-hybridized carbons (Fsp3) is 0.529. The van der Waals surface area contributed by atoms with Crippen LogP contribution in [0.3, 0.4) is 0 Å². The molecule has 1 aliphatic carbocycles. The van der Waals surface area contributed by atoms with Gasteiger partial charge in [0.25, 0.3) is 0 Å². The van der Waals surface area contributed by atoms with Crippen LogP contribution >= 0.6 is 45.2 Å². The van der Waals surface area contributed by atoms with Gasteiger partial charge in [0.2, 0.25) is 0 Å². The number of halogens is 2. The first-order valence-corrected chi connectivity index (χ1v) is 9.24. The average Bonchev–Trinajstić information content (AvgIpc) is 2.36. The van der Waals surface area contributed by atoms with E-state index in [1.807, 2.05) is 0 Å². The Kier molecular flexibility index (Phi) is 5.02. The minimum atomic E-state index is 0.278. The maximum absolute atomic E-state index is 2.69. The Balaban J connectivity index is 2.11. The largest absolute Gasteiger partial charge is 0.0861 e. The summed E-state index contributed by atoms with van der Waals surface area (Å²) < 4.78 is 1.00. The first kappa shape index (κ1) is 15.8. The Hall–Kier alpha value is 0.420. The van der Waals surface area contributed by atoms with Gasteiger partial charge in [0.15, 0.2) is 0 Å². The Bertz CT molecular complexity index is 459. The van der Waals surface area contributed by atoms with Gasteiger partial charge in [0, 0.05) is 7.35 Å². The second-order valence-electron chi connectivity index (χ2n) is 6.18. The average molecular weight is 480 g/mol. The molecule has 1 aliphatic rings. The first-order valence-electron chi connectivity index (χ1n) is 6.91. The van der Waals surface area contributed by atoms with Crippen molar-refractivity contribution < 1.29 is 0 Å². The van der Waals surface area contributed by atoms with Gasteiger partial charge in [-0.3, -0.25) is 0 Å². The third kappa shape index (κ3) is 3.36. The molecule has 1 aromatic rings. The maximum atomic E-state index is 2.69. The monoisotopic (exact) mass is 480 g/mol. The molecule has 0 fully saturated rings. The van der Waals surface area contributed by atoms with E-state index in [9.17, 15) is 0 Å². The van der Waals surface area contributed by atoms with E-state index in [2.05, 4.69) is 102 Å². The molecular weight excluding hydrogens is 458 g/mol. The number of aryl methyl sites for hydroxylation is 2. The lowest BCUT2D eigenvalue weighted by atomic mass is 9.70. The summed E-state index contributed by atoms with van der Waals surface area (Å²) in [5.41, 5.74) is 3.16. The van der Waals surface area contributed by atoms with E-state index >= 15 is 0 Å². The Labute approximate surface area is 144 Å². The van der Waals surface area contributed by atoms with E-state index in [1.54, 1.807) is 0 Å². The zero-order chi connectivity index (χ0) is 14.1. The van der Waals surface area contributed by atoms with Crippen LogP contribution in [0.15, 0.2) is 36.4 Å². The zero-order valence-corrected chi connectivity index (χ0v) is 16.2. The molecule has 0 saturated carbocycles. The van der Waals surface area contributed by atoms with Gasteiger partial charge in [0.05, 0.1) is 0 Å². The summed E-state index contributed by atoms with van der Waals surface area (Å²) in [6.07, 6.45) is 8.43.